The first-order valence-corrected chi connectivity index (χ1v) is 2.96. The fourth-order valence-electron chi connectivity index (χ4n) is 0.449. The molecule has 0 saturated carbocycles. The van der Waals surface area contributed by atoms with E-state index in [2.05, 4.69) is 0 Å². The van der Waals surface area contributed by atoms with Gasteiger partial charge in [-0.15, -0.1) is 0 Å². The minimum absolute atomic E-state index is 0.160. The molecule has 0 fully saturated rings. The second-order valence-corrected chi connectivity index (χ2v) is 2.35. The summed E-state index contributed by atoms with van der Waals surface area (Å²) in [5.41, 5.74) is -0.160. The molecule has 0 aliphatic rings. The predicted molar refractivity (Wildman–Crippen MR) is 36.2 cm³/mol. The summed E-state index contributed by atoms with van der Waals surface area (Å²) < 4.78 is 0. The molecular formula is C6H11NO3. The van der Waals surface area contributed by atoms with E-state index in [-0.39, 0.29) is 11.6 Å². The van der Waals surface area contributed by atoms with Gasteiger partial charge in [0.05, 0.1) is 5.71 Å². The molecule has 0 heterocycles. The van der Waals surface area contributed by atoms with Crippen molar-refractivity contribution in [1.29, 1.82) is 5.41 Å². The Morgan fingerprint density at radius 3 is 2.00 bits per heavy atom. The first-order valence-electron chi connectivity index (χ1n) is 2.96. The van der Waals surface area contributed by atoms with Crippen LogP contribution in [0.1, 0.15) is 13.8 Å². The molecule has 0 amide bonds. The molecule has 0 aromatic carbocycles. The van der Waals surface area contributed by atoms with Crippen molar-refractivity contribution >= 4 is 11.7 Å². The monoisotopic (exact) mass is 145 g/mol. The molecule has 1 unspecified atom stereocenters. The van der Waals surface area contributed by atoms with Crippen molar-refractivity contribution in [1.82, 2.24) is 0 Å². The average molecular weight is 145 g/mol. The lowest BCUT2D eigenvalue weighted by Gasteiger charge is -2.09. The summed E-state index contributed by atoms with van der Waals surface area (Å²) in [5, 5.41) is 24.0. The van der Waals surface area contributed by atoms with Crippen LogP contribution >= 0.6 is 0 Å². The number of carboxylic acids is 1. The zero-order chi connectivity index (χ0) is 8.31. The molecule has 0 radical (unpaired) electrons. The molecule has 58 valence electrons. The molecule has 1 atom stereocenters. The first kappa shape index (κ1) is 9.10. The summed E-state index contributed by atoms with van der Waals surface area (Å²) >= 11 is 0. The van der Waals surface area contributed by atoms with Gasteiger partial charge in [-0.3, -0.25) is 0 Å². The molecule has 4 heteroatoms. The van der Waals surface area contributed by atoms with E-state index in [1.54, 1.807) is 13.8 Å². The SMILES string of the molecule is CC(C)C(=N)C(O)C(=O)O. The third-order valence-corrected chi connectivity index (χ3v) is 1.15. The zero-order valence-corrected chi connectivity index (χ0v) is 5.96. The number of aliphatic carboxylic acids is 1. The van der Waals surface area contributed by atoms with Gasteiger partial charge in [0.25, 0.3) is 0 Å². The standard InChI is InChI=1S/C6H11NO3/c1-3(2)4(7)5(8)6(9)10/h3,5,7-8H,1-2H3,(H,9,10). The highest BCUT2D eigenvalue weighted by molar-refractivity contribution is 6.03. The van der Waals surface area contributed by atoms with Crippen molar-refractivity contribution in [3.05, 3.63) is 0 Å². The second kappa shape index (κ2) is 3.31. The summed E-state index contributed by atoms with van der Waals surface area (Å²) in [6.07, 6.45) is -1.64. The van der Waals surface area contributed by atoms with E-state index in [4.69, 9.17) is 15.6 Å². The lowest BCUT2D eigenvalue weighted by molar-refractivity contribution is -0.143. The number of carboxylic acid groups (broad SMARTS) is 1. The summed E-state index contributed by atoms with van der Waals surface area (Å²) in [7, 11) is 0. The topological polar surface area (TPSA) is 81.4 Å². The van der Waals surface area contributed by atoms with Crippen LogP contribution in [-0.4, -0.2) is 28.0 Å². The quantitative estimate of drug-likeness (QED) is 0.493. The molecular weight excluding hydrogens is 134 g/mol. The smallest absolute Gasteiger partial charge is 0.338 e. The molecule has 0 aliphatic carbocycles. The van der Waals surface area contributed by atoms with Gasteiger partial charge in [-0.2, -0.15) is 0 Å². The minimum atomic E-state index is -1.64. The second-order valence-electron chi connectivity index (χ2n) is 2.35. The molecule has 0 aromatic heterocycles. The van der Waals surface area contributed by atoms with Crippen molar-refractivity contribution in [3.8, 4) is 0 Å². The Balaban J connectivity index is 4.08. The van der Waals surface area contributed by atoms with Crippen LogP contribution in [0, 0.1) is 11.3 Å². The lowest BCUT2D eigenvalue weighted by Crippen LogP contribution is -2.32. The number of rotatable bonds is 3. The number of hydrogen-bond acceptors (Lipinski definition) is 3. The maximum absolute atomic E-state index is 10.1. The van der Waals surface area contributed by atoms with Crippen molar-refractivity contribution in [2.75, 3.05) is 0 Å². The summed E-state index contributed by atoms with van der Waals surface area (Å²) in [6, 6.07) is 0. The van der Waals surface area contributed by atoms with E-state index >= 15 is 0 Å². The van der Waals surface area contributed by atoms with Crippen molar-refractivity contribution in [2.24, 2.45) is 5.92 Å². The number of nitrogens with one attached hydrogen (secondary N) is 1. The number of aliphatic hydroxyl groups is 1. The van der Waals surface area contributed by atoms with E-state index in [0.717, 1.165) is 0 Å². The van der Waals surface area contributed by atoms with E-state index in [1.807, 2.05) is 0 Å². The Labute approximate surface area is 59.0 Å². The fraction of sp³-hybridized carbons (Fsp3) is 0.667. The first-order chi connectivity index (χ1) is 4.46. The zero-order valence-electron chi connectivity index (χ0n) is 5.96. The normalized spacial score (nSPS) is 13.2. The number of aliphatic hydroxyl groups excluding tert-OH is 1. The Kier molecular flexibility index (Phi) is 3.02. The molecule has 0 spiro atoms. The Hall–Kier alpha value is -0.900. The Morgan fingerprint density at radius 2 is 1.90 bits per heavy atom. The van der Waals surface area contributed by atoms with Crippen molar-refractivity contribution in [2.45, 2.75) is 20.0 Å². The lowest BCUT2D eigenvalue weighted by atomic mass is 10.0. The molecule has 0 bridgehead atoms. The highest BCUT2D eigenvalue weighted by Crippen LogP contribution is 1.99. The minimum Gasteiger partial charge on any atom is -0.479 e. The van der Waals surface area contributed by atoms with Crippen molar-refractivity contribution < 1.29 is 15.0 Å². The van der Waals surface area contributed by atoms with E-state index in [0.29, 0.717) is 0 Å². The molecule has 4 nitrogen and oxygen atoms in total. The van der Waals surface area contributed by atoms with Gasteiger partial charge in [0, 0.05) is 0 Å². The average Bonchev–Trinajstić information content (AvgIpc) is 1.84. The summed E-state index contributed by atoms with van der Waals surface area (Å²) in [4.78, 5) is 10.1. The molecule has 3 N–H and O–H groups in total. The maximum Gasteiger partial charge on any atom is 0.338 e. The van der Waals surface area contributed by atoms with Gasteiger partial charge in [0.1, 0.15) is 0 Å². The van der Waals surface area contributed by atoms with E-state index in [1.165, 1.54) is 0 Å². The Bertz CT molecular complexity index is 153. The van der Waals surface area contributed by atoms with Gasteiger partial charge in [0.2, 0.25) is 0 Å². The van der Waals surface area contributed by atoms with Crippen LogP contribution < -0.4 is 0 Å². The summed E-state index contributed by atoms with van der Waals surface area (Å²) in [6.45, 7) is 3.32. The molecule has 10 heavy (non-hydrogen) atoms. The molecule has 0 saturated heterocycles. The van der Waals surface area contributed by atoms with Gasteiger partial charge < -0.3 is 15.6 Å². The van der Waals surface area contributed by atoms with Crippen LogP contribution in [0.15, 0.2) is 0 Å². The van der Waals surface area contributed by atoms with Crippen LogP contribution in [0.2, 0.25) is 0 Å². The van der Waals surface area contributed by atoms with Crippen molar-refractivity contribution in [3.63, 3.8) is 0 Å². The Morgan fingerprint density at radius 1 is 1.50 bits per heavy atom. The summed E-state index contributed by atoms with van der Waals surface area (Å²) in [5.74, 6) is -1.58. The predicted octanol–water partition coefficient (Wildman–Crippen LogP) is 0.108. The van der Waals surface area contributed by atoms with Crippen LogP contribution in [0.5, 0.6) is 0 Å². The van der Waals surface area contributed by atoms with E-state index < -0.39 is 12.1 Å². The van der Waals surface area contributed by atoms with Gasteiger partial charge in [-0.25, -0.2) is 4.79 Å². The highest BCUT2D eigenvalue weighted by Gasteiger charge is 2.20. The third-order valence-electron chi connectivity index (χ3n) is 1.15. The van der Waals surface area contributed by atoms with E-state index in [9.17, 15) is 4.79 Å². The highest BCUT2D eigenvalue weighted by atomic mass is 16.4. The fourth-order valence-corrected chi connectivity index (χ4v) is 0.449. The van der Waals surface area contributed by atoms with Gasteiger partial charge in [-0.05, 0) is 5.92 Å². The maximum atomic E-state index is 10.1. The van der Waals surface area contributed by atoms with Crippen LogP contribution in [0.3, 0.4) is 0 Å². The van der Waals surface area contributed by atoms with Crippen LogP contribution in [-0.2, 0) is 4.79 Å². The van der Waals surface area contributed by atoms with Gasteiger partial charge in [0.15, 0.2) is 6.10 Å². The van der Waals surface area contributed by atoms with Crippen LogP contribution in [0.4, 0.5) is 0 Å². The van der Waals surface area contributed by atoms with Gasteiger partial charge >= 0.3 is 5.97 Å². The number of hydrogen-bond donors (Lipinski definition) is 3. The number of carbonyl (C=O) groups is 1. The third kappa shape index (κ3) is 2.14. The molecule has 0 aliphatic heterocycles. The molecule has 0 aromatic rings. The van der Waals surface area contributed by atoms with Gasteiger partial charge in [-0.1, -0.05) is 13.8 Å². The largest absolute Gasteiger partial charge is 0.479 e. The van der Waals surface area contributed by atoms with Crippen LogP contribution in [0.25, 0.3) is 0 Å². The molecule has 0 rings (SSSR count).